The molecule has 1 fully saturated rings. The van der Waals surface area contributed by atoms with Crippen LogP contribution in [0.3, 0.4) is 0 Å². The highest BCUT2D eigenvalue weighted by Crippen LogP contribution is 2.20. The summed E-state index contributed by atoms with van der Waals surface area (Å²) in [4.78, 5) is 12.2. The van der Waals surface area contributed by atoms with E-state index < -0.39 is 10.0 Å². The average Bonchev–Trinajstić information content (AvgIpc) is 2.61. The Morgan fingerprint density at radius 1 is 1.17 bits per heavy atom. The third kappa shape index (κ3) is 4.78. The van der Waals surface area contributed by atoms with Crippen molar-refractivity contribution in [2.75, 3.05) is 26.7 Å². The van der Waals surface area contributed by atoms with Crippen LogP contribution >= 0.6 is 0 Å². The van der Waals surface area contributed by atoms with Gasteiger partial charge in [-0.3, -0.25) is 4.79 Å². The zero-order valence-corrected chi connectivity index (χ0v) is 15.2. The van der Waals surface area contributed by atoms with Crippen LogP contribution in [0.1, 0.15) is 31.7 Å². The Morgan fingerprint density at radius 2 is 1.79 bits per heavy atom. The van der Waals surface area contributed by atoms with E-state index in [9.17, 15) is 13.2 Å². The van der Waals surface area contributed by atoms with E-state index in [1.165, 1.54) is 0 Å². The molecular formula is C17H27N3O3S. The van der Waals surface area contributed by atoms with Crippen molar-refractivity contribution in [2.45, 2.75) is 37.6 Å². The first-order chi connectivity index (χ1) is 11.4. The van der Waals surface area contributed by atoms with Gasteiger partial charge in [-0.05, 0) is 37.6 Å². The molecule has 24 heavy (non-hydrogen) atoms. The molecule has 1 heterocycles. The molecule has 7 heteroatoms. The highest BCUT2D eigenvalue weighted by molar-refractivity contribution is 7.89. The van der Waals surface area contributed by atoms with Crippen molar-refractivity contribution in [1.82, 2.24) is 14.9 Å². The second-order valence-corrected chi connectivity index (χ2v) is 8.22. The molecule has 1 aliphatic heterocycles. The molecule has 134 valence electrons. The molecule has 0 saturated carbocycles. The molecule has 1 aromatic carbocycles. The minimum Gasteiger partial charge on any atom is -0.352 e. The van der Waals surface area contributed by atoms with Gasteiger partial charge in [0.1, 0.15) is 0 Å². The van der Waals surface area contributed by atoms with Gasteiger partial charge < -0.3 is 10.6 Å². The molecule has 0 bridgehead atoms. The van der Waals surface area contributed by atoms with Gasteiger partial charge >= 0.3 is 0 Å². The van der Waals surface area contributed by atoms with Gasteiger partial charge in [-0.1, -0.05) is 25.5 Å². The summed E-state index contributed by atoms with van der Waals surface area (Å²) in [6.45, 7) is 4.09. The van der Waals surface area contributed by atoms with E-state index in [0.717, 1.165) is 24.8 Å². The van der Waals surface area contributed by atoms with Crippen molar-refractivity contribution in [3.63, 3.8) is 0 Å². The largest absolute Gasteiger partial charge is 0.352 e. The quantitative estimate of drug-likeness (QED) is 0.775. The molecule has 1 saturated heterocycles. The number of benzene rings is 1. The highest BCUT2D eigenvalue weighted by atomic mass is 32.2. The number of carbonyl (C=O) groups is 1. The van der Waals surface area contributed by atoms with Gasteiger partial charge in [-0.2, -0.15) is 4.31 Å². The molecule has 1 aliphatic rings. The lowest BCUT2D eigenvalue weighted by molar-refractivity contribution is -0.124. The molecular weight excluding hydrogens is 326 g/mol. The number of hydrogen-bond donors (Lipinski definition) is 2. The van der Waals surface area contributed by atoms with Crippen molar-refractivity contribution in [1.29, 1.82) is 0 Å². The van der Waals surface area contributed by atoms with E-state index in [4.69, 9.17) is 0 Å². The smallest absolute Gasteiger partial charge is 0.243 e. The Labute approximate surface area is 144 Å². The van der Waals surface area contributed by atoms with E-state index in [0.29, 0.717) is 31.1 Å². The van der Waals surface area contributed by atoms with Crippen molar-refractivity contribution >= 4 is 15.9 Å². The molecule has 6 nitrogen and oxygen atoms in total. The SMILES string of the molecule is CNCC(C)C(=O)NCc1ccc(S(=O)(=O)N2CCCCC2)cc1. The van der Waals surface area contributed by atoms with Crippen LogP contribution in [-0.2, 0) is 21.4 Å². The summed E-state index contributed by atoms with van der Waals surface area (Å²) >= 11 is 0. The number of rotatable bonds is 7. The van der Waals surface area contributed by atoms with Crippen LogP contribution in [0.25, 0.3) is 0 Å². The van der Waals surface area contributed by atoms with E-state index in [1.54, 1.807) is 28.6 Å². The van der Waals surface area contributed by atoms with Crippen LogP contribution in [0.15, 0.2) is 29.2 Å². The van der Waals surface area contributed by atoms with Crippen molar-refractivity contribution in [2.24, 2.45) is 5.92 Å². The number of carbonyl (C=O) groups excluding carboxylic acids is 1. The predicted octanol–water partition coefficient (Wildman–Crippen LogP) is 1.33. The number of sulfonamides is 1. The summed E-state index contributed by atoms with van der Waals surface area (Å²) in [6.07, 6.45) is 2.94. The number of nitrogens with one attached hydrogen (secondary N) is 2. The summed E-state index contributed by atoms with van der Waals surface area (Å²) in [5.41, 5.74) is 0.887. The third-order valence-electron chi connectivity index (χ3n) is 4.30. The first-order valence-corrected chi connectivity index (χ1v) is 9.90. The zero-order chi connectivity index (χ0) is 17.6. The summed E-state index contributed by atoms with van der Waals surface area (Å²) in [5, 5.41) is 5.84. The Hall–Kier alpha value is -1.44. The summed E-state index contributed by atoms with van der Waals surface area (Å²) in [6, 6.07) is 6.78. The van der Waals surface area contributed by atoms with Gasteiger partial charge in [-0.25, -0.2) is 8.42 Å². The summed E-state index contributed by atoms with van der Waals surface area (Å²) in [7, 11) is -1.58. The maximum atomic E-state index is 12.6. The fraction of sp³-hybridized carbons (Fsp3) is 0.588. The highest BCUT2D eigenvalue weighted by Gasteiger charge is 2.25. The Morgan fingerprint density at radius 3 is 2.38 bits per heavy atom. The lowest BCUT2D eigenvalue weighted by Gasteiger charge is -2.25. The van der Waals surface area contributed by atoms with E-state index in [2.05, 4.69) is 10.6 Å². The average molecular weight is 353 g/mol. The second kappa shape index (κ2) is 8.60. The lowest BCUT2D eigenvalue weighted by Crippen LogP contribution is -2.35. The normalized spacial score (nSPS) is 17.4. The molecule has 0 radical (unpaired) electrons. The third-order valence-corrected chi connectivity index (χ3v) is 6.21. The Bertz CT molecular complexity index is 638. The van der Waals surface area contributed by atoms with E-state index in [-0.39, 0.29) is 11.8 Å². The van der Waals surface area contributed by atoms with Crippen LogP contribution in [0.4, 0.5) is 0 Å². The number of nitrogens with zero attached hydrogens (tertiary/aromatic N) is 1. The van der Waals surface area contributed by atoms with Gasteiger partial charge in [0.05, 0.1) is 4.90 Å². The molecule has 0 aromatic heterocycles. The van der Waals surface area contributed by atoms with E-state index >= 15 is 0 Å². The van der Waals surface area contributed by atoms with Gasteiger partial charge in [0.2, 0.25) is 15.9 Å². The fourth-order valence-corrected chi connectivity index (χ4v) is 4.31. The van der Waals surface area contributed by atoms with E-state index in [1.807, 2.05) is 14.0 Å². The van der Waals surface area contributed by atoms with Gasteiger partial charge in [-0.15, -0.1) is 0 Å². The molecule has 0 aliphatic carbocycles. The molecule has 0 spiro atoms. The molecule has 1 unspecified atom stereocenters. The molecule has 1 amide bonds. The van der Waals surface area contributed by atoms with Crippen LogP contribution < -0.4 is 10.6 Å². The van der Waals surface area contributed by atoms with Crippen molar-refractivity contribution in [3.05, 3.63) is 29.8 Å². The van der Waals surface area contributed by atoms with Crippen LogP contribution in [0, 0.1) is 5.92 Å². The number of hydrogen-bond acceptors (Lipinski definition) is 4. The lowest BCUT2D eigenvalue weighted by atomic mass is 10.1. The van der Waals surface area contributed by atoms with Crippen molar-refractivity contribution in [3.8, 4) is 0 Å². The molecule has 1 aromatic rings. The number of amides is 1. The fourth-order valence-electron chi connectivity index (χ4n) is 2.80. The number of piperidine rings is 1. The van der Waals surface area contributed by atoms with Gasteiger partial charge in [0, 0.05) is 32.1 Å². The minimum atomic E-state index is -3.39. The van der Waals surface area contributed by atoms with Gasteiger partial charge in [0.15, 0.2) is 0 Å². The molecule has 2 rings (SSSR count). The molecule has 2 N–H and O–H groups in total. The first-order valence-electron chi connectivity index (χ1n) is 8.46. The zero-order valence-electron chi connectivity index (χ0n) is 14.4. The standard InChI is InChI=1S/C17H27N3O3S/c1-14(12-18-2)17(21)19-13-15-6-8-16(9-7-15)24(22,23)20-10-4-3-5-11-20/h6-9,14,18H,3-5,10-13H2,1-2H3,(H,19,21). The van der Waals surface area contributed by atoms with Crippen LogP contribution in [-0.4, -0.2) is 45.3 Å². The monoisotopic (exact) mass is 353 g/mol. The van der Waals surface area contributed by atoms with Crippen LogP contribution in [0.5, 0.6) is 0 Å². The topological polar surface area (TPSA) is 78.5 Å². The Kier molecular flexibility index (Phi) is 6.77. The summed E-state index contributed by atoms with van der Waals surface area (Å²) < 4.78 is 26.7. The minimum absolute atomic E-state index is 0.0191. The van der Waals surface area contributed by atoms with Crippen molar-refractivity contribution < 1.29 is 13.2 Å². The second-order valence-electron chi connectivity index (χ2n) is 6.29. The summed E-state index contributed by atoms with van der Waals surface area (Å²) in [5.74, 6) is -0.122. The maximum Gasteiger partial charge on any atom is 0.243 e. The van der Waals surface area contributed by atoms with Crippen LogP contribution in [0.2, 0.25) is 0 Å². The van der Waals surface area contributed by atoms with Gasteiger partial charge in [0.25, 0.3) is 0 Å². The predicted molar refractivity (Wildman–Crippen MR) is 94.0 cm³/mol. The first kappa shape index (κ1) is 18.9. The Balaban J connectivity index is 1.96. The maximum absolute atomic E-state index is 12.6. The molecule has 1 atom stereocenters.